The molecule has 1 saturated heterocycles. The zero-order chi connectivity index (χ0) is 19.8. The maximum atomic E-state index is 12.7. The first-order valence-corrected chi connectivity index (χ1v) is 9.83. The van der Waals surface area contributed by atoms with Crippen LogP contribution in [0.3, 0.4) is 0 Å². The summed E-state index contributed by atoms with van der Waals surface area (Å²) in [6, 6.07) is 2.29. The highest BCUT2D eigenvalue weighted by atomic mass is 16.2. The van der Waals surface area contributed by atoms with E-state index < -0.39 is 0 Å². The van der Waals surface area contributed by atoms with Crippen LogP contribution in [0.4, 0.5) is 5.82 Å². The molecule has 3 atom stereocenters. The molecule has 0 unspecified atom stereocenters. The Balaban J connectivity index is 1.56. The third kappa shape index (κ3) is 3.33. The Labute approximate surface area is 164 Å². The fourth-order valence-electron chi connectivity index (χ4n) is 3.94. The minimum atomic E-state index is 0.174. The SMILES string of the molecule is CC[C@@H]1CN(c2cnc(C#N)c(-c3cnn(C)c3)n2)CCN1C(=O)[C@@H]1C[C@H]1C. The third-order valence-corrected chi connectivity index (χ3v) is 5.83. The molecule has 0 radical (unpaired) electrons. The maximum absolute atomic E-state index is 12.7. The summed E-state index contributed by atoms with van der Waals surface area (Å²) in [5, 5.41) is 13.6. The van der Waals surface area contributed by atoms with Crippen molar-refractivity contribution < 1.29 is 4.79 Å². The van der Waals surface area contributed by atoms with Crippen LogP contribution in [-0.4, -0.2) is 56.2 Å². The van der Waals surface area contributed by atoms with Gasteiger partial charge in [-0.3, -0.25) is 9.48 Å². The van der Waals surface area contributed by atoms with Crippen LogP contribution in [0, 0.1) is 23.2 Å². The van der Waals surface area contributed by atoms with Crippen LogP contribution in [0.25, 0.3) is 11.3 Å². The van der Waals surface area contributed by atoms with Gasteiger partial charge in [-0.2, -0.15) is 10.4 Å². The normalized spacial score (nSPS) is 24.1. The average Bonchev–Trinajstić information content (AvgIpc) is 3.30. The second-order valence-corrected chi connectivity index (χ2v) is 7.80. The molecule has 1 aliphatic heterocycles. The molecule has 2 aromatic heterocycles. The van der Waals surface area contributed by atoms with E-state index in [-0.39, 0.29) is 12.0 Å². The van der Waals surface area contributed by atoms with E-state index in [1.165, 1.54) is 0 Å². The summed E-state index contributed by atoms with van der Waals surface area (Å²) in [5.74, 6) is 1.78. The Kier molecular flexibility index (Phi) is 4.75. The molecule has 2 aromatic rings. The molecule has 8 nitrogen and oxygen atoms in total. The summed E-state index contributed by atoms with van der Waals surface area (Å²) in [6.45, 7) is 6.42. The van der Waals surface area contributed by atoms with Crippen LogP contribution >= 0.6 is 0 Å². The summed E-state index contributed by atoms with van der Waals surface area (Å²) in [4.78, 5) is 26.0. The molecule has 1 amide bonds. The molecule has 2 fully saturated rings. The van der Waals surface area contributed by atoms with Crippen molar-refractivity contribution in [3.8, 4) is 17.3 Å². The second-order valence-electron chi connectivity index (χ2n) is 7.80. The number of aromatic nitrogens is 4. The quantitative estimate of drug-likeness (QED) is 0.805. The van der Waals surface area contributed by atoms with Crippen molar-refractivity contribution in [2.45, 2.75) is 32.7 Å². The first-order valence-electron chi connectivity index (χ1n) is 9.83. The number of nitrogens with zero attached hydrogens (tertiary/aromatic N) is 7. The number of rotatable bonds is 4. The Morgan fingerprint density at radius 2 is 2.14 bits per heavy atom. The monoisotopic (exact) mass is 379 g/mol. The molecule has 0 aromatic carbocycles. The van der Waals surface area contributed by atoms with Gasteiger partial charge in [0.15, 0.2) is 5.69 Å². The lowest BCUT2D eigenvalue weighted by Gasteiger charge is -2.42. The number of piperazine rings is 1. The molecule has 28 heavy (non-hydrogen) atoms. The zero-order valence-electron chi connectivity index (χ0n) is 16.5. The van der Waals surface area contributed by atoms with Crippen LogP contribution < -0.4 is 4.90 Å². The van der Waals surface area contributed by atoms with Crippen molar-refractivity contribution in [3.63, 3.8) is 0 Å². The highest BCUT2D eigenvalue weighted by Gasteiger charge is 2.44. The maximum Gasteiger partial charge on any atom is 0.226 e. The lowest BCUT2D eigenvalue weighted by molar-refractivity contribution is -0.135. The number of carbonyl (C=O) groups is 1. The fraction of sp³-hybridized carbons (Fsp3) is 0.550. The van der Waals surface area contributed by atoms with Gasteiger partial charge in [-0.1, -0.05) is 13.8 Å². The van der Waals surface area contributed by atoms with Gasteiger partial charge in [0.05, 0.1) is 12.4 Å². The summed E-state index contributed by atoms with van der Waals surface area (Å²) in [7, 11) is 1.83. The van der Waals surface area contributed by atoms with Crippen LogP contribution in [0.15, 0.2) is 18.6 Å². The summed E-state index contributed by atoms with van der Waals surface area (Å²) in [6.07, 6.45) is 7.10. The van der Waals surface area contributed by atoms with Crippen LogP contribution in [0.5, 0.6) is 0 Å². The smallest absolute Gasteiger partial charge is 0.226 e. The average molecular weight is 379 g/mol. The molecule has 2 aliphatic rings. The molecule has 3 heterocycles. The van der Waals surface area contributed by atoms with Crippen molar-refractivity contribution in [1.29, 1.82) is 5.26 Å². The van der Waals surface area contributed by atoms with E-state index in [0.717, 1.165) is 37.3 Å². The Hall–Kier alpha value is -2.95. The minimum absolute atomic E-state index is 0.174. The van der Waals surface area contributed by atoms with Crippen molar-refractivity contribution in [1.82, 2.24) is 24.6 Å². The van der Waals surface area contributed by atoms with E-state index >= 15 is 0 Å². The van der Waals surface area contributed by atoms with Gasteiger partial charge in [-0.15, -0.1) is 0 Å². The van der Waals surface area contributed by atoms with Crippen LogP contribution in [0.1, 0.15) is 32.4 Å². The van der Waals surface area contributed by atoms with Gasteiger partial charge >= 0.3 is 0 Å². The van der Waals surface area contributed by atoms with Gasteiger partial charge < -0.3 is 9.80 Å². The molecule has 1 saturated carbocycles. The largest absolute Gasteiger partial charge is 0.351 e. The molecule has 146 valence electrons. The molecule has 0 bridgehead atoms. The first kappa shape index (κ1) is 18.4. The standard InChI is InChI=1S/C20H25N7O/c1-4-15-12-26(5-6-27(15)20(28)16-7-13(16)2)18-10-22-17(8-21)19(24-18)14-9-23-25(3)11-14/h9-11,13,15-16H,4-7,12H2,1-3H3/t13-,15-,16-/m1/s1. The van der Waals surface area contributed by atoms with Crippen LogP contribution in [0.2, 0.25) is 0 Å². The van der Waals surface area contributed by atoms with Gasteiger partial charge in [-0.05, 0) is 18.8 Å². The number of anilines is 1. The van der Waals surface area contributed by atoms with Crippen molar-refractivity contribution in [3.05, 3.63) is 24.3 Å². The molecule has 0 N–H and O–H groups in total. The molecular weight excluding hydrogens is 354 g/mol. The number of hydrogen-bond donors (Lipinski definition) is 0. The molecule has 4 rings (SSSR count). The number of nitriles is 1. The van der Waals surface area contributed by atoms with E-state index in [1.807, 2.05) is 13.2 Å². The summed E-state index contributed by atoms with van der Waals surface area (Å²) < 4.78 is 1.68. The topological polar surface area (TPSA) is 90.9 Å². The molecule has 0 spiro atoms. The highest BCUT2D eigenvalue weighted by Crippen LogP contribution is 2.40. The van der Waals surface area contributed by atoms with Gasteiger partial charge in [0, 0.05) is 50.4 Å². The van der Waals surface area contributed by atoms with Gasteiger partial charge in [0.25, 0.3) is 0 Å². The van der Waals surface area contributed by atoms with Gasteiger partial charge in [0.2, 0.25) is 5.91 Å². The number of hydrogen-bond acceptors (Lipinski definition) is 6. The fourth-order valence-corrected chi connectivity index (χ4v) is 3.94. The van der Waals surface area contributed by atoms with Crippen molar-refractivity contribution in [2.24, 2.45) is 18.9 Å². The molecule has 8 heteroatoms. The van der Waals surface area contributed by atoms with Crippen molar-refractivity contribution in [2.75, 3.05) is 24.5 Å². The van der Waals surface area contributed by atoms with E-state index in [4.69, 9.17) is 4.98 Å². The first-order chi connectivity index (χ1) is 13.5. The predicted octanol–water partition coefficient (Wildman–Crippen LogP) is 1.83. The molecular formula is C20H25N7O. The lowest BCUT2D eigenvalue weighted by atomic mass is 10.1. The van der Waals surface area contributed by atoms with Gasteiger partial charge in [-0.25, -0.2) is 9.97 Å². The van der Waals surface area contributed by atoms with E-state index in [1.54, 1.807) is 17.1 Å². The number of aryl methyl sites for hydroxylation is 1. The van der Waals surface area contributed by atoms with Gasteiger partial charge in [0.1, 0.15) is 17.6 Å². The van der Waals surface area contributed by atoms with E-state index in [9.17, 15) is 10.1 Å². The Morgan fingerprint density at radius 3 is 2.75 bits per heavy atom. The summed E-state index contributed by atoms with van der Waals surface area (Å²) in [5.41, 5.74) is 1.61. The number of amides is 1. The number of carbonyl (C=O) groups excluding carboxylic acids is 1. The highest BCUT2D eigenvalue weighted by molar-refractivity contribution is 5.82. The third-order valence-electron chi connectivity index (χ3n) is 5.83. The lowest BCUT2D eigenvalue weighted by Crippen LogP contribution is -2.55. The Morgan fingerprint density at radius 1 is 1.36 bits per heavy atom. The predicted molar refractivity (Wildman–Crippen MR) is 104 cm³/mol. The van der Waals surface area contributed by atoms with Crippen molar-refractivity contribution >= 4 is 11.7 Å². The minimum Gasteiger partial charge on any atom is -0.351 e. The second kappa shape index (κ2) is 7.23. The Bertz CT molecular complexity index is 931. The van der Waals surface area contributed by atoms with E-state index in [2.05, 4.69) is 39.8 Å². The molecule has 1 aliphatic carbocycles. The zero-order valence-corrected chi connectivity index (χ0v) is 16.5. The summed E-state index contributed by atoms with van der Waals surface area (Å²) >= 11 is 0. The van der Waals surface area contributed by atoms with Crippen LogP contribution in [-0.2, 0) is 11.8 Å². The van der Waals surface area contributed by atoms with E-state index in [0.29, 0.717) is 29.8 Å².